The summed E-state index contributed by atoms with van der Waals surface area (Å²) in [6.07, 6.45) is 0.159. The smallest absolute Gasteiger partial charge is 0.408 e. The summed E-state index contributed by atoms with van der Waals surface area (Å²) in [6.45, 7) is 16.7. The standard InChI is InChI=1S/C28H46N4O5/c1-17(2)13-14-20(6)32(24(25(34)30-18(3)4)21-12-10-11-19(5)15-21)26(35)22(16-23(29)33)31-27(36)37-28(7,8)9/h10-12,15,17-18,20,22,24H,13-14,16H2,1-9H3,(H2,29,33)(H,30,34)(H,31,36). The van der Waals surface area contributed by atoms with E-state index in [9.17, 15) is 19.2 Å². The van der Waals surface area contributed by atoms with Gasteiger partial charge in [-0.1, -0.05) is 43.7 Å². The summed E-state index contributed by atoms with van der Waals surface area (Å²) in [5, 5.41) is 5.45. The molecule has 1 rings (SSSR count). The molecule has 0 fully saturated rings. The molecule has 0 aliphatic heterocycles. The number of carbonyl (C=O) groups excluding carboxylic acids is 4. The Morgan fingerprint density at radius 1 is 1.00 bits per heavy atom. The van der Waals surface area contributed by atoms with E-state index in [1.54, 1.807) is 26.8 Å². The van der Waals surface area contributed by atoms with Crippen molar-refractivity contribution in [2.75, 3.05) is 0 Å². The molecule has 37 heavy (non-hydrogen) atoms. The Hall–Kier alpha value is -3.10. The third kappa shape index (κ3) is 11.2. The van der Waals surface area contributed by atoms with Crippen molar-refractivity contribution in [1.29, 1.82) is 0 Å². The molecule has 0 radical (unpaired) electrons. The van der Waals surface area contributed by atoms with Crippen LogP contribution in [0.2, 0.25) is 0 Å². The van der Waals surface area contributed by atoms with Gasteiger partial charge in [-0.15, -0.1) is 0 Å². The summed E-state index contributed by atoms with van der Waals surface area (Å²) < 4.78 is 5.33. The van der Waals surface area contributed by atoms with Gasteiger partial charge in [0.25, 0.3) is 0 Å². The van der Waals surface area contributed by atoms with Gasteiger partial charge >= 0.3 is 6.09 Å². The molecule has 4 amide bonds. The summed E-state index contributed by atoms with van der Waals surface area (Å²) in [6, 6.07) is 4.59. The van der Waals surface area contributed by atoms with E-state index in [1.807, 2.05) is 45.9 Å². The lowest BCUT2D eigenvalue weighted by Gasteiger charge is -2.39. The van der Waals surface area contributed by atoms with Crippen molar-refractivity contribution < 1.29 is 23.9 Å². The number of nitrogens with two attached hydrogens (primary N) is 1. The van der Waals surface area contributed by atoms with Crippen LogP contribution in [0.1, 0.15) is 91.8 Å². The number of hydrogen-bond donors (Lipinski definition) is 3. The first-order chi connectivity index (χ1) is 17.0. The predicted molar refractivity (Wildman–Crippen MR) is 145 cm³/mol. The molecule has 208 valence electrons. The van der Waals surface area contributed by atoms with Crippen molar-refractivity contribution in [1.82, 2.24) is 15.5 Å². The largest absolute Gasteiger partial charge is 0.444 e. The minimum atomic E-state index is -1.30. The SMILES string of the molecule is Cc1cccc(C(C(=O)NC(C)C)N(C(=O)C(CC(N)=O)NC(=O)OC(C)(C)C)C(C)CCC(C)C)c1. The molecule has 3 unspecified atom stereocenters. The third-order valence-electron chi connectivity index (χ3n) is 5.60. The van der Waals surface area contributed by atoms with Gasteiger partial charge in [0, 0.05) is 12.1 Å². The number of amides is 4. The maximum atomic E-state index is 14.1. The molecule has 0 aliphatic rings. The van der Waals surface area contributed by atoms with Gasteiger partial charge < -0.3 is 26.0 Å². The van der Waals surface area contributed by atoms with Crippen LogP contribution in [0, 0.1) is 12.8 Å². The number of nitrogens with one attached hydrogen (secondary N) is 2. The molecule has 0 bridgehead atoms. The molecule has 1 aromatic carbocycles. The number of hydrogen-bond acceptors (Lipinski definition) is 5. The number of rotatable bonds is 12. The van der Waals surface area contributed by atoms with Crippen molar-refractivity contribution in [3.8, 4) is 0 Å². The van der Waals surface area contributed by atoms with E-state index in [1.165, 1.54) is 4.90 Å². The van der Waals surface area contributed by atoms with Crippen LogP contribution in [-0.2, 0) is 19.1 Å². The van der Waals surface area contributed by atoms with Crippen molar-refractivity contribution >= 4 is 23.8 Å². The van der Waals surface area contributed by atoms with Gasteiger partial charge in [-0.05, 0) is 72.8 Å². The number of alkyl carbamates (subject to hydrolysis) is 1. The molecule has 0 spiro atoms. The summed E-state index contributed by atoms with van der Waals surface area (Å²) in [5.74, 6) is -1.31. The fourth-order valence-electron chi connectivity index (χ4n) is 3.99. The highest BCUT2D eigenvalue weighted by Gasteiger charge is 2.39. The van der Waals surface area contributed by atoms with E-state index in [0.717, 1.165) is 12.0 Å². The van der Waals surface area contributed by atoms with Gasteiger partial charge in [0.1, 0.15) is 17.7 Å². The van der Waals surface area contributed by atoms with E-state index < -0.39 is 42.0 Å². The molecule has 9 heteroatoms. The van der Waals surface area contributed by atoms with Crippen molar-refractivity contribution in [3.05, 3.63) is 35.4 Å². The Bertz CT molecular complexity index is 939. The Kier molecular flexibility index (Phi) is 12.1. The number of aryl methyl sites for hydroxylation is 1. The molecular weight excluding hydrogens is 472 g/mol. The molecule has 1 aromatic rings. The van der Waals surface area contributed by atoms with Crippen molar-refractivity contribution in [3.63, 3.8) is 0 Å². The lowest BCUT2D eigenvalue weighted by atomic mass is 9.96. The molecule has 0 aromatic heterocycles. The predicted octanol–water partition coefficient (Wildman–Crippen LogP) is 3.98. The van der Waals surface area contributed by atoms with E-state index in [2.05, 4.69) is 24.5 Å². The zero-order valence-electron chi connectivity index (χ0n) is 23.9. The molecule has 9 nitrogen and oxygen atoms in total. The number of carbonyl (C=O) groups is 4. The van der Waals surface area contributed by atoms with Crippen LogP contribution in [0.5, 0.6) is 0 Å². The minimum absolute atomic E-state index is 0.163. The quantitative estimate of drug-likeness (QED) is 0.385. The van der Waals surface area contributed by atoms with E-state index in [-0.39, 0.29) is 18.0 Å². The van der Waals surface area contributed by atoms with Crippen LogP contribution in [0.15, 0.2) is 24.3 Å². The molecule has 0 saturated carbocycles. The van der Waals surface area contributed by atoms with Crippen LogP contribution in [0.3, 0.4) is 0 Å². The number of ether oxygens (including phenoxy) is 1. The van der Waals surface area contributed by atoms with Gasteiger partial charge in [0.2, 0.25) is 17.7 Å². The fraction of sp³-hybridized carbons (Fsp3) is 0.643. The summed E-state index contributed by atoms with van der Waals surface area (Å²) in [4.78, 5) is 53.7. The second-order valence-corrected chi connectivity index (χ2v) is 11.4. The first-order valence-electron chi connectivity index (χ1n) is 13.0. The number of benzene rings is 1. The van der Waals surface area contributed by atoms with Gasteiger partial charge in [0.15, 0.2) is 0 Å². The first-order valence-corrected chi connectivity index (χ1v) is 13.0. The van der Waals surface area contributed by atoms with Crippen LogP contribution >= 0.6 is 0 Å². The zero-order valence-corrected chi connectivity index (χ0v) is 23.9. The minimum Gasteiger partial charge on any atom is -0.444 e. The van der Waals surface area contributed by atoms with E-state index in [0.29, 0.717) is 17.9 Å². The Morgan fingerprint density at radius 3 is 2.11 bits per heavy atom. The highest BCUT2D eigenvalue weighted by atomic mass is 16.6. The Morgan fingerprint density at radius 2 is 1.62 bits per heavy atom. The second kappa shape index (κ2) is 14.0. The number of primary amides is 1. The molecule has 0 heterocycles. The zero-order chi connectivity index (χ0) is 28.5. The van der Waals surface area contributed by atoms with E-state index >= 15 is 0 Å². The highest BCUT2D eigenvalue weighted by Crippen LogP contribution is 2.28. The normalized spacial score (nSPS) is 14.0. The Balaban J connectivity index is 3.62. The number of nitrogens with zero attached hydrogens (tertiary/aromatic N) is 1. The molecule has 0 saturated heterocycles. The monoisotopic (exact) mass is 518 g/mol. The average molecular weight is 519 g/mol. The third-order valence-corrected chi connectivity index (χ3v) is 5.60. The lowest BCUT2D eigenvalue weighted by molar-refractivity contribution is -0.146. The Labute approximate surface area is 221 Å². The lowest BCUT2D eigenvalue weighted by Crippen LogP contribution is -2.56. The molecule has 3 atom stereocenters. The highest BCUT2D eigenvalue weighted by molar-refractivity contribution is 5.94. The van der Waals surface area contributed by atoms with Crippen LogP contribution in [-0.4, -0.2) is 52.4 Å². The molecule has 0 aliphatic carbocycles. The average Bonchev–Trinajstić information content (AvgIpc) is 2.72. The fourth-order valence-corrected chi connectivity index (χ4v) is 3.99. The summed E-state index contributed by atoms with van der Waals surface area (Å²) in [7, 11) is 0. The van der Waals surface area contributed by atoms with Crippen molar-refractivity contribution in [2.24, 2.45) is 11.7 Å². The van der Waals surface area contributed by atoms with Crippen LogP contribution < -0.4 is 16.4 Å². The van der Waals surface area contributed by atoms with Gasteiger partial charge in [-0.3, -0.25) is 14.4 Å². The van der Waals surface area contributed by atoms with Gasteiger partial charge in [-0.25, -0.2) is 4.79 Å². The van der Waals surface area contributed by atoms with Gasteiger partial charge in [0.05, 0.1) is 6.42 Å². The first kappa shape index (κ1) is 31.9. The maximum Gasteiger partial charge on any atom is 0.408 e. The van der Waals surface area contributed by atoms with Crippen LogP contribution in [0.25, 0.3) is 0 Å². The molecular formula is C28H46N4O5. The molecule has 4 N–H and O–H groups in total. The van der Waals surface area contributed by atoms with E-state index in [4.69, 9.17) is 10.5 Å². The van der Waals surface area contributed by atoms with Crippen molar-refractivity contribution in [2.45, 2.75) is 111 Å². The second-order valence-electron chi connectivity index (χ2n) is 11.4. The van der Waals surface area contributed by atoms with Crippen LogP contribution in [0.4, 0.5) is 4.79 Å². The summed E-state index contributed by atoms with van der Waals surface area (Å²) >= 11 is 0. The van der Waals surface area contributed by atoms with Gasteiger partial charge in [-0.2, -0.15) is 0 Å². The summed E-state index contributed by atoms with van der Waals surface area (Å²) in [5.41, 5.74) is 6.22. The maximum absolute atomic E-state index is 14.1. The topological polar surface area (TPSA) is 131 Å².